The minimum atomic E-state index is -2.06. The smallest absolute Gasteiger partial charge is 0.402 e. The summed E-state index contributed by atoms with van der Waals surface area (Å²) >= 11 is 0. The van der Waals surface area contributed by atoms with Crippen LogP contribution in [0.4, 0.5) is 0 Å². The first-order valence-electron chi connectivity index (χ1n) is 10.6. The van der Waals surface area contributed by atoms with Gasteiger partial charge in [0.1, 0.15) is 12.1 Å². The molecule has 0 saturated heterocycles. The molecule has 2 amide bonds. The first-order chi connectivity index (χ1) is 15.9. The van der Waals surface area contributed by atoms with Crippen LogP contribution in [0.15, 0.2) is 78.9 Å². The molecule has 1 heterocycles. The van der Waals surface area contributed by atoms with Crippen LogP contribution in [0.25, 0.3) is 11.3 Å². The van der Waals surface area contributed by atoms with Crippen LogP contribution >= 0.6 is 0 Å². The van der Waals surface area contributed by atoms with Crippen LogP contribution < -0.4 is 10.6 Å². The molecule has 3 aromatic rings. The Bertz CT molecular complexity index is 1050. The van der Waals surface area contributed by atoms with Crippen LogP contribution in [0.3, 0.4) is 0 Å². The lowest BCUT2D eigenvalue weighted by atomic mass is 10.1. The third-order valence-corrected chi connectivity index (χ3v) is 4.96. The van der Waals surface area contributed by atoms with Crippen molar-refractivity contribution in [3.8, 4) is 11.3 Å². The molecule has 2 aromatic carbocycles. The molecule has 170 valence electrons. The summed E-state index contributed by atoms with van der Waals surface area (Å²) < 4.78 is 4.98. The number of carbonyl (C=O) groups excluding carboxylic acids is 2. The van der Waals surface area contributed by atoms with Gasteiger partial charge >= 0.3 is 7.32 Å². The molecule has 0 bridgehead atoms. The highest BCUT2D eigenvalue weighted by Gasteiger charge is 2.26. The molecule has 0 aliphatic rings. The summed E-state index contributed by atoms with van der Waals surface area (Å²) in [5.74, 6) is -2.11. The van der Waals surface area contributed by atoms with Gasteiger partial charge in [-0.15, -0.1) is 0 Å². The van der Waals surface area contributed by atoms with E-state index in [-0.39, 0.29) is 13.0 Å². The Balaban J connectivity index is 1.56. The summed E-state index contributed by atoms with van der Waals surface area (Å²) in [6, 6.07) is 24.3. The molecular weight excluding hydrogens is 421 g/mol. The second kappa shape index (κ2) is 11.9. The van der Waals surface area contributed by atoms with Gasteiger partial charge in [0, 0.05) is 12.0 Å². The van der Waals surface area contributed by atoms with Crippen LogP contribution in [0, 0.1) is 5.92 Å². The Morgan fingerprint density at radius 3 is 2.27 bits per heavy atom. The molecule has 2 atom stereocenters. The molecule has 0 spiro atoms. The zero-order chi connectivity index (χ0) is 23.6. The summed E-state index contributed by atoms with van der Waals surface area (Å²) in [5, 5.41) is 23.6. The van der Waals surface area contributed by atoms with Crippen molar-refractivity contribution in [3.05, 3.63) is 90.1 Å². The summed E-state index contributed by atoms with van der Waals surface area (Å²) in [7, 11) is -2.06. The lowest BCUT2D eigenvalue weighted by Crippen LogP contribution is -2.47. The van der Waals surface area contributed by atoms with Crippen molar-refractivity contribution in [2.75, 3.05) is 0 Å². The Morgan fingerprint density at radius 1 is 0.939 bits per heavy atom. The minimum Gasteiger partial charge on any atom is -0.402 e. The Labute approximate surface area is 192 Å². The van der Waals surface area contributed by atoms with Gasteiger partial charge in [-0.3, -0.25) is 14.6 Å². The van der Waals surface area contributed by atoms with E-state index in [1.165, 1.54) is 6.92 Å². The highest BCUT2D eigenvalue weighted by atomic mass is 16.6. The van der Waals surface area contributed by atoms with E-state index >= 15 is 0 Å². The van der Waals surface area contributed by atoms with Gasteiger partial charge < -0.3 is 25.3 Å². The molecule has 3 rings (SSSR count). The van der Waals surface area contributed by atoms with E-state index in [0.717, 1.165) is 16.8 Å². The second-order valence-electron chi connectivity index (χ2n) is 7.47. The molecule has 1 unspecified atom stereocenters. The normalized spacial score (nSPS) is 12.5. The number of pyridine rings is 1. The highest BCUT2D eigenvalue weighted by molar-refractivity contribution is 6.32. The number of nitrogens with one attached hydrogen (secondary N) is 2. The average molecular weight is 447 g/mol. The molecule has 4 N–H and O–H groups in total. The predicted octanol–water partition coefficient (Wildman–Crippen LogP) is 1.67. The van der Waals surface area contributed by atoms with Gasteiger partial charge in [0.2, 0.25) is 11.8 Å². The molecule has 0 radical (unpaired) electrons. The van der Waals surface area contributed by atoms with Crippen molar-refractivity contribution in [3.63, 3.8) is 0 Å². The van der Waals surface area contributed by atoms with Crippen LogP contribution in [-0.4, -0.2) is 40.4 Å². The van der Waals surface area contributed by atoms with E-state index in [1.54, 1.807) is 6.07 Å². The number of benzene rings is 2. The molecule has 33 heavy (non-hydrogen) atoms. The Morgan fingerprint density at radius 2 is 1.61 bits per heavy atom. The first kappa shape index (κ1) is 24.1. The maximum atomic E-state index is 12.6. The minimum absolute atomic E-state index is 0.163. The maximum absolute atomic E-state index is 12.6. The third-order valence-electron chi connectivity index (χ3n) is 4.96. The Kier molecular flexibility index (Phi) is 8.71. The number of hydrogen-bond donors (Lipinski definition) is 4. The predicted molar refractivity (Wildman–Crippen MR) is 124 cm³/mol. The maximum Gasteiger partial charge on any atom is 0.635 e. The fourth-order valence-electron chi connectivity index (χ4n) is 3.19. The molecular formula is C24H26BN3O5. The molecule has 0 aliphatic heterocycles. The lowest BCUT2D eigenvalue weighted by Gasteiger charge is -2.21. The monoisotopic (exact) mass is 447 g/mol. The number of hydrogen-bond acceptors (Lipinski definition) is 6. The molecule has 1 aromatic heterocycles. The van der Waals surface area contributed by atoms with E-state index in [1.807, 2.05) is 72.8 Å². The van der Waals surface area contributed by atoms with Gasteiger partial charge in [-0.25, -0.2) is 0 Å². The highest BCUT2D eigenvalue weighted by Crippen LogP contribution is 2.16. The fourth-order valence-corrected chi connectivity index (χ4v) is 3.19. The van der Waals surface area contributed by atoms with E-state index in [9.17, 15) is 19.6 Å². The quantitative estimate of drug-likeness (QED) is 0.213. The van der Waals surface area contributed by atoms with E-state index in [0.29, 0.717) is 5.69 Å². The zero-order valence-electron chi connectivity index (χ0n) is 18.2. The van der Waals surface area contributed by atoms with Crippen molar-refractivity contribution in [1.82, 2.24) is 15.6 Å². The van der Waals surface area contributed by atoms with Gasteiger partial charge in [-0.2, -0.15) is 0 Å². The summed E-state index contributed by atoms with van der Waals surface area (Å²) in [5.41, 5.74) is 3.24. The van der Waals surface area contributed by atoms with Gasteiger partial charge in [0.15, 0.2) is 0 Å². The van der Waals surface area contributed by atoms with Crippen molar-refractivity contribution < 1.29 is 24.3 Å². The summed E-state index contributed by atoms with van der Waals surface area (Å²) in [6.07, 6.45) is -0.811. The Hall–Kier alpha value is -3.53. The molecule has 9 heteroatoms. The average Bonchev–Trinajstić information content (AvgIpc) is 2.83. The molecule has 0 aliphatic carbocycles. The van der Waals surface area contributed by atoms with Crippen LogP contribution in [0.2, 0.25) is 0 Å². The van der Waals surface area contributed by atoms with Gasteiger partial charge in [-0.1, -0.05) is 66.7 Å². The lowest BCUT2D eigenvalue weighted by molar-refractivity contribution is -0.136. The van der Waals surface area contributed by atoms with Crippen LogP contribution in [-0.2, 0) is 27.2 Å². The number of rotatable bonds is 10. The number of carbonyl (C=O) groups is 2. The number of amides is 2. The van der Waals surface area contributed by atoms with Gasteiger partial charge in [0.25, 0.3) is 0 Å². The van der Waals surface area contributed by atoms with Crippen molar-refractivity contribution in [2.45, 2.75) is 26.1 Å². The van der Waals surface area contributed by atoms with Crippen molar-refractivity contribution in [1.29, 1.82) is 0 Å². The SMILES string of the molecule is CC(C(=O)NCc1cccc(-c2ccccc2)n1)C(=O)N[C@@H](Cc1ccccc1)OB(O)O. The molecule has 8 nitrogen and oxygen atoms in total. The zero-order valence-corrected chi connectivity index (χ0v) is 18.2. The van der Waals surface area contributed by atoms with Crippen molar-refractivity contribution >= 4 is 19.1 Å². The van der Waals surface area contributed by atoms with Crippen molar-refractivity contribution in [2.24, 2.45) is 5.92 Å². The third kappa shape index (κ3) is 7.53. The topological polar surface area (TPSA) is 121 Å². The van der Waals surface area contributed by atoms with Gasteiger partial charge in [0.05, 0.1) is 17.9 Å². The standard InChI is InChI=1S/C24H26BN3O5/c1-17(24(30)28-22(33-25(31)32)15-18-9-4-2-5-10-18)23(29)26-16-20-13-8-14-21(27-20)19-11-6-3-7-12-19/h2-14,17,22,31-32H,15-16H2,1H3,(H,26,29)(H,28,30)/t17?,22-/m1/s1. The van der Waals surface area contributed by atoms with E-state index in [2.05, 4.69) is 15.6 Å². The van der Waals surface area contributed by atoms with Crippen LogP contribution in [0.5, 0.6) is 0 Å². The van der Waals surface area contributed by atoms with Gasteiger partial charge in [-0.05, 0) is 24.6 Å². The molecule has 0 fully saturated rings. The number of aromatic nitrogens is 1. The second-order valence-corrected chi connectivity index (χ2v) is 7.47. The van der Waals surface area contributed by atoms with E-state index in [4.69, 9.17) is 4.65 Å². The summed E-state index contributed by atoms with van der Waals surface area (Å²) in [6.45, 7) is 1.63. The largest absolute Gasteiger partial charge is 0.635 e. The first-order valence-corrected chi connectivity index (χ1v) is 10.6. The molecule has 0 saturated carbocycles. The number of nitrogens with zero attached hydrogens (tertiary/aromatic N) is 1. The van der Waals surface area contributed by atoms with E-state index < -0.39 is 31.3 Å². The fraction of sp³-hybridized carbons (Fsp3) is 0.208. The summed E-state index contributed by atoms with van der Waals surface area (Å²) in [4.78, 5) is 29.7. The van der Waals surface area contributed by atoms with Crippen LogP contribution in [0.1, 0.15) is 18.2 Å².